The molecule has 0 spiro atoms. The van der Waals surface area contributed by atoms with Gasteiger partial charge in [0, 0.05) is 50.2 Å². The van der Waals surface area contributed by atoms with Gasteiger partial charge in [-0.25, -0.2) is 9.97 Å². The Balaban J connectivity index is 1.61. The third kappa shape index (κ3) is 4.70. The number of carbonyl (C=O) groups is 1. The van der Waals surface area contributed by atoms with E-state index < -0.39 is 0 Å². The molecule has 3 rings (SSSR count). The second-order valence-corrected chi connectivity index (χ2v) is 6.51. The molecule has 26 heavy (non-hydrogen) atoms. The van der Waals surface area contributed by atoms with Crippen LogP contribution in [0.4, 0.5) is 17.2 Å². The van der Waals surface area contributed by atoms with Crippen molar-refractivity contribution in [1.82, 2.24) is 14.9 Å². The number of nitrogens with zero attached hydrogens (tertiary/aromatic N) is 4. The molecule has 0 radical (unpaired) electrons. The number of nitrogens with one attached hydrogen (secondary N) is 2. The van der Waals surface area contributed by atoms with Crippen molar-refractivity contribution in [2.75, 3.05) is 55.3 Å². The van der Waals surface area contributed by atoms with Crippen LogP contribution in [0.1, 0.15) is 23.8 Å². The van der Waals surface area contributed by atoms with E-state index in [-0.39, 0.29) is 5.91 Å². The SMILES string of the molecule is CCCNc1cc(C(=O)Nc2ccc(N3CCN(C)CC3)cc2)ncn1. The zero-order valence-corrected chi connectivity index (χ0v) is 15.4. The molecule has 0 bridgehead atoms. The van der Waals surface area contributed by atoms with Gasteiger partial charge in [0.2, 0.25) is 0 Å². The lowest BCUT2D eigenvalue weighted by Crippen LogP contribution is -2.44. The van der Waals surface area contributed by atoms with E-state index in [2.05, 4.69) is 56.5 Å². The van der Waals surface area contributed by atoms with E-state index in [9.17, 15) is 4.79 Å². The molecule has 1 amide bonds. The monoisotopic (exact) mass is 354 g/mol. The minimum atomic E-state index is -0.237. The van der Waals surface area contributed by atoms with Gasteiger partial charge in [-0.1, -0.05) is 6.92 Å². The van der Waals surface area contributed by atoms with Crippen LogP contribution in [0.15, 0.2) is 36.7 Å². The van der Waals surface area contributed by atoms with Crippen LogP contribution in [0.5, 0.6) is 0 Å². The number of carbonyl (C=O) groups excluding carboxylic acids is 1. The summed E-state index contributed by atoms with van der Waals surface area (Å²) in [7, 11) is 2.15. The van der Waals surface area contributed by atoms with Gasteiger partial charge in [0.05, 0.1) is 0 Å². The number of amides is 1. The first-order valence-electron chi connectivity index (χ1n) is 9.06. The Morgan fingerprint density at radius 3 is 2.54 bits per heavy atom. The largest absolute Gasteiger partial charge is 0.370 e. The summed E-state index contributed by atoms with van der Waals surface area (Å²) in [4.78, 5) is 25.3. The van der Waals surface area contributed by atoms with Gasteiger partial charge < -0.3 is 20.4 Å². The number of likely N-dealkylation sites (N-methyl/N-ethyl adjacent to an activating group) is 1. The van der Waals surface area contributed by atoms with Gasteiger partial charge in [0.15, 0.2) is 0 Å². The third-order valence-corrected chi connectivity index (χ3v) is 4.45. The number of rotatable bonds is 6. The molecule has 2 N–H and O–H groups in total. The van der Waals surface area contributed by atoms with E-state index in [0.717, 1.165) is 44.8 Å². The number of anilines is 3. The molecule has 2 aromatic rings. The number of benzene rings is 1. The lowest BCUT2D eigenvalue weighted by molar-refractivity contribution is 0.102. The van der Waals surface area contributed by atoms with E-state index in [1.807, 2.05) is 12.1 Å². The third-order valence-electron chi connectivity index (χ3n) is 4.45. The van der Waals surface area contributed by atoms with Gasteiger partial charge >= 0.3 is 0 Å². The predicted molar refractivity (Wildman–Crippen MR) is 105 cm³/mol. The number of piperazine rings is 1. The second kappa shape index (κ2) is 8.62. The fourth-order valence-corrected chi connectivity index (χ4v) is 2.85. The summed E-state index contributed by atoms with van der Waals surface area (Å²) < 4.78 is 0. The van der Waals surface area contributed by atoms with Crippen molar-refractivity contribution in [3.05, 3.63) is 42.4 Å². The molecule has 7 nitrogen and oxygen atoms in total. The molecule has 7 heteroatoms. The highest BCUT2D eigenvalue weighted by atomic mass is 16.1. The quantitative estimate of drug-likeness (QED) is 0.829. The van der Waals surface area contributed by atoms with Crippen LogP contribution in [0.3, 0.4) is 0 Å². The minimum Gasteiger partial charge on any atom is -0.370 e. The van der Waals surface area contributed by atoms with E-state index in [4.69, 9.17) is 0 Å². The molecule has 1 saturated heterocycles. The summed E-state index contributed by atoms with van der Waals surface area (Å²) in [6, 6.07) is 9.64. The van der Waals surface area contributed by atoms with Crippen molar-refractivity contribution < 1.29 is 4.79 Å². The fraction of sp³-hybridized carbons (Fsp3) is 0.421. The van der Waals surface area contributed by atoms with Crippen LogP contribution in [-0.2, 0) is 0 Å². The minimum absolute atomic E-state index is 0.237. The van der Waals surface area contributed by atoms with Gasteiger partial charge in [-0.05, 0) is 37.7 Å². The topological polar surface area (TPSA) is 73.4 Å². The van der Waals surface area contributed by atoms with Crippen molar-refractivity contribution >= 4 is 23.1 Å². The smallest absolute Gasteiger partial charge is 0.274 e. The van der Waals surface area contributed by atoms with Gasteiger partial charge in [-0.3, -0.25) is 4.79 Å². The molecule has 1 aromatic carbocycles. The molecule has 1 fully saturated rings. The molecule has 1 aliphatic heterocycles. The first-order chi connectivity index (χ1) is 12.7. The molecule has 1 aromatic heterocycles. The number of hydrogen-bond acceptors (Lipinski definition) is 6. The zero-order chi connectivity index (χ0) is 18.4. The Labute approximate surface area is 154 Å². The molecule has 0 atom stereocenters. The normalized spacial score (nSPS) is 14.9. The molecule has 0 aliphatic carbocycles. The van der Waals surface area contributed by atoms with Gasteiger partial charge in [0.1, 0.15) is 17.8 Å². The van der Waals surface area contributed by atoms with Crippen molar-refractivity contribution in [3.8, 4) is 0 Å². The molecule has 138 valence electrons. The first-order valence-corrected chi connectivity index (χ1v) is 9.06. The summed E-state index contributed by atoms with van der Waals surface area (Å²) in [5.41, 5.74) is 2.29. The molecule has 0 saturated carbocycles. The van der Waals surface area contributed by atoms with Crippen LogP contribution in [0.25, 0.3) is 0 Å². The Hall–Kier alpha value is -2.67. The highest BCUT2D eigenvalue weighted by molar-refractivity contribution is 6.03. The maximum Gasteiger partial charge on any atom is 0.274 e. The molecular formula is C19H26N6O. The van der Waals surface area contributed by atoms with Crippen LogP contribution >= 0.6 is 0 Å². The van der Waals surface area contributed by atoms with Crippen molar-refractivity contribution in [1.29, 1.82) is 0 Å². The molecule has 2 heterocycles. The van der Waals surface area contributed by atoms with Crippen LogP contribution in [0.2, 0.25) is 0 Å². The Morgan fingerprint density at radius 2 is 1.85 bits per heavy atom. The van der Waals surface area contributed by atoms with Crippen molar-refractivity contribution in [2.24, 2.45) is 0 Å². The van der Waals surface area contributed by atoms with Crippen molar-refractivity contribution in [2.45, 2.75) is 13.3 Å². The summed E-state index contributed by atoms with van der Waals surface area (Å²) >= 11 is 0. The Kier molecular flexibility index (Phi) is 6.01. The highest BCUT2D eigenvalue weighted by Gasteiger charge is 2.14. The average molecular weight is 354 g/mol. The summed E-state index contributed by atoms with van der Waals surface area (Å²) in [5, 5.41) is 6.06. The molecule has 1 aliphatic rings. The van der Waals surface area contributed by atoms with E-state index in [1.54, 1.807) is 6.07 Å². The number of hydrogen-bond donors (Lipinski definition) is 2. The highest BCUT2D eigenvalue weighted by Crippen LogP contribution is 2.19. The molecule has 0 unspecified atom stereocenters. The maximum absolute atomic E-state index is 12.4. The average Bonchev–Trinajstić information content (AvgIpc) is 2.68. The molecular weight excluding hydrogens is 328 g/mol. The van der Waals surface area contributed by atoms with Crippen LogP contribution in [-0.4, -0.2) is 60.5 Å². The van der Waals surface area contributed by atoms with Gasteiger partial charge in [-0.2, -0.15) is 0 Å². The maximum atomic E-state index is 12.4. The second-order valence-electron chi connectivity index (χ2n) is 6.51. The van der Waals surface area contributed by atoms with Gasteiger partial charge in [0.25, 0.3) is 5.91 Å². The van der Waals surface area contributed by atoms with E-state index in [1.165, 1.54) is 12.0 Å². The fourth-order valence-electron chi connectivity index (χ4n) is 2.85. The van der Waals surface area contributed by atoms with Crippen molar-refractivity contribution in [3.63, 3.8) is 0 Å². The standard InChI is InChI=1S/C19H26N6O/c1-3-8-20-18-13-17(21-14-22-18)19(26)23-15-4-6-16(7-5-15)25-11-9-24(2)10-12-25/h4-7,13-14H,3,8-12H2,1-2H3,(H,23,26)(H,20,21,22). The van der Waals surface area contributed by atoms with E-state index >= 15 is 0 Å². The lowest BCUT2D eigenvalue weighted by atomic mass is 10.2. The van der Waals surface area contributed by atoms with Crippen LogP contribution in [0, 0.1) is 0 Å². The Bertz CT molecular complexity index is 725. The number of aromatic nitrogens is 2. The summed E-state index contributed by atoms with van der Waals surface area (Å²) in [6.07, 6.45) is 2.40. The van der Waals surface area contributed by atoms with E-state index in [0.29, 0.717) is 11.5 Å². The Morgan fingerprint density at radius 1 is 1.12 bits per heavy atom. The lowest BCUT2D eigenvalue weighted by Gasteiger charge is -2.34. The summed E-state index contributed by atoms with van der Waals surface area (Å²) in [6.45, 7) is 7.08. The van der Waals surface area contributed by atoms with Gasteiger partial charge in [-0.15, -0.1) is 0 Å². The first kappa shape index (κ1) is 18.1. The summed E-state index contributed by atoms with van der Waals surface area (Å²) in [5.74, 6) is 0.428. The predicted octanol–water partition coefficient (Wildman–Crippen LogP) is 2.30. The zero-order valence-electron chi connectivity index (χ0n) is 15.4. The van der Waals surface area contributed by atoms with Crippen LogP contribution < -0.4 is 15.5 Å².